The third-order valence-corrected chi connectivity index (χ3v) is 7.42. The molecule has 5 rings (SSSR count). The summed E-state index contributed by atoms with van der Waals surface area (Å²) in [6, 6.07) is 17.7. The first-order chi connectivity index (χ1) is 16.9. The molecule has 1 aliphatic heterocycles. The highest BCUT2D eigenvalue weighted by Crippen LogP contribution is 2.33. The summed E-state index contributed by atoms with van der Waals surface area (Å²) in [6.45, 7) is 5.20. The molecule has 2 aromatic carbocycles. The number of amides is 1. The molecule has 0 bridgehead atoms. The van der Waals surface area contributed by atoms with Crippen molar-refractivity contribution in [3.8, 4) is 11.5 Å². The van der Waals surface area contributed by atoms with E-state index >= 15 is 0 Å². The maximum absolute atomic E-state index is 13.6. The summed E-state index contributed by atoms with van der Waals surface area (Å²) in [7, 11) is 1.77. The number of thiophene rings is 1. The Morgan fingerprint density at radius 1 is 1.09 bits per heavy atom. The van der Waals surface area contributed by atoms with Gasteiger partial charge in [0.2, 0.25) is 6.79 Å². The van der Waals surface area contributed by atoms with E-state index < -0.39 is 0 Å². The molecule has 0 atom stereocenters. The lowest BCUT2D eigenvalue weighted by atomic mass is 10.0. The van der Waals surface area contributed by atoms with Gasteiger partial charge in [-0.1, -0.05) is 37.6 Å². The lowest BCUT2D eigenvalue weighted by Gasteiger charge is -2.23. The molecular formula is C28H28N2O4S. The van der Waals surface area contributed by atoms with Crippen LogP contribution in [0.25, 0.3) is 10.1 Å². The molecule has 1 aliphatic rings. The summed E-state index contributed by atoms with van der Waals surface area (Å²) in [6.07, 6.45) is 1.46. The number of carbonyl (C=O) groups is 1. The zero-order valence-corrected chi connectivity index (χ0v) is 21.0. The van der Waals surface area contributed by atoms with Gasteiger partial charge in [-0.15, -0.1) is 11.3 Å². The van der Waals surface area contributed by atoms with Gasteiger partial charge in [0, 0.05) is 40.6 Å². The molecule has 0 saturated carbocycles. The monoisotopic (exact) mass is 488 g/mol. The Balaban J connectivity index is 1.48. The van der Waals surface area contributed by atoms with Crippen molar-refractivity contribution in [2.45, 2.75) is 39.8 Å². The Kier molecular flexibility index (Phi) is 6.34. The molecule has 3 heterocycles. The van der Waals surface area contributed by atoms with E-state index in [1.807, 2.05) is 37.3 Å². The lowest BCUT2D eigenvalue weighted by Crippen LogP contribution is -2.34. The maximum Gasteiger partial charge on any atom is 0.259 e. The van der Waals surface area contributed by atoms with Gasteiger partial charge in [-0.2, -0.15) is 0 Å². The number of fused-ring (bicyclic) bond motifs is 2. The molecule has 0 aliphatic carbocycles. The molecule has 0 spiro atoms. The third-order valence-electron chi connectivity index (χ3n) is 6.32. The molecule has 4 aromatic rings. The summed E-state index contributed by atoms with van der Waals surface area (Å²) in [4.78, 5) is 29.5. The number of ether oxygens (including phenoxy) is 2. The number of hydrogen-bond donors (Lipinski definition) is 0. The van der Waals surface area contributed by atoms with Crippen molar-refractivity contribution in [2.24, 2.45) is 0 Å². The largest absolute Gasteiger partial charge is 0.454 e. The number of hydrogen-bond acceptors (Lipinski definition) is 5. The van der Waals surface area contributed by atoms with E-state index in [4.69, 9.17) is 9.47 Å². The molecule has 35 heavy (non-hydrogen) atoms. The van der Waals surface area contributed by atoms with Gasteiger partial charge in [-0.3, -0.25) is 9.59 Å². The fourth-order valence-electron chi connectivity index (χ4n) is 4.61. The van der Waals surface area contributed by atoms with Crippen LogP contribution < -0.4 is 14.9 Å². The molecule has 0 N–H and O–H groups in total. The number of nitrogens with zero attached hydrogens (tertiary/aromatic N) is 2. The van der Waals surface area contributed by atoms with Gasteiger partial charge >= 0.3 is 0 Å². The Morgan fingerprint density at radius 3 is 2.69 bits per heavy atom. The Labute approximate surface area is 208 Å². The summed E-state index contributed by atoms with van der Waals surface area (Å²) >= 11 is 1.67. The molecular weight excluding hydrogens is 460 g/mol. The van der Waals surface area contributed by atoms with Crippen LogP contribution in [0.1, 0.15) is 45.5 Å². The normalized spacial score (nSPS) is 12.3. The van der Waals surface area contributed by atoms with Crippen molar-refractivity contribution in [2.75, 3.05) is 13.8 Å². The number of aromatic nitrogens is 1. The lowest BCUT2D eigenvalue weighted by molar-refractivity contribution is 0.0783. The predicted molar refractivity (Wildman–Crippen MR) is 139 cm³/mol. The second-order valence-electron chi connectivity index (χ2n) is 8.91. The topological polar surface area (TPSA) is 60.8 Å². The van der Waals surface area contributed by atoms with Gasteiger partial charge < -0.3 is 18.9 Å². The second-order valence-corrected chi connectivity index (χ2v) is 10.1. The number of carbonyl (C=O) groups excluding carboxylic acids is 1. The van der Waals surface area contributed by atoms with Crippen LogP contribution in [0.5, 0.6) is 11.5 Å². The van der Waals surface area contributed by atoms with Gasteiger partial charge in [0.25, 0.3) is 5.91 Å². The fraction of sp³-hybridized carbons (Fsp3) is 0.286. The molecule has 0 radical (unpaired) electrons. The van der Waals surface area contributed by atoms with E-state index in [0.717, 1.165) is 39.7 Å². The minimum atomic E-state index is -0.240. The molecule has 0 saturated heterocycles. The second kappa shape index (κ2) is 9.58. The van der Waals surface area contributed by atoms with E-state index in [-0.39, 0.29) is 23.7 Å². The third kappa shape index (κ3) is 4.56. The highest BCUT2D eigenvalue weighted by molar-refractivity contribution is 7.19. The van der Waals surface area contributed by atoms with Crippen molar-refractivity contribution in [1.29, 1.82) is 0 Å². The molecule has 6 nitrogen and oxygen atoms in total. The zero-order chi connectivity index (χ0) is 24.5. The van der Waals surface area contributed by atoms with E-state index in [1.54, 1.807) is 29.4 Å². The Morgan fingerprint density at radius 2 is 1.89 bits per heavy atom. The first-order valence-electron chi connectivity index (χ1n) is 11.8. The van der Waals surface area contributed by atoms with Crippen molar-refractivity contribution < 1.29 is 14.3 Å². The standard InChI is InChI=1S/C28H28N2O4S/c1-4-7-22-27(28(32)29(3)16-21-14-20-8-5-6-9-26(20)35-21)23(31)12-18(2)30(22)15-19-10-11-24-25(13-19)34-17-33-24/h5-6,8-14H,4,7,15-17H2,1-3H3. The van der Waals surface area contributed by atoms with Crippen LogP contribution in [0.2, 0.25) is 0 Å². The Bertz CT molecular complexity index is 1440. The van der Waals surface area contributed by atoms with E-state index in [0.29, 0.717) is 19.5 Å². The van der Waals surface area contributed by atoms with Gasteiger partial charge in [0.1, 0.15) is 5.56 Å². The van der Waals surface area contributed by atoms with Crippen LogP contribution in [-0.4, -0.2) is 29.2 Å². The van der Waals surface area contributed by atoms with Crippen molar-refractivity contribution in [3.63, 3.8) is 0 Å². The van der Waals surface area contributed by atoms with Crippen molar-refractivity contribution in [1.82, 2.24) is 9.47 Å². The smallest absolute Gasteiger partial charge is 0.259 e. The zero-order valence-electron chi connectivity index (χ0n) is 20.2. The van der Waals surface area contributed by atoms with Crippen LogP contribution in [-0.2, 0) is 19.5 Å². The predicted octanol–water partition coefficient (Wildman–Crippen LogP) is 5.37. The number of benzene rings is 2. The molecule has 0 fully saturated rings. The molecule has 1 amide bonds. The van der Waals surface area contributed by atoms with Gasteiger partial charge in [0.15, 0.2) is 16.9 Å². The molecule has 7 heteroatoms. The van der Waals surface area contributed by atoms with Gasteiger partial charge in [-0.25, -0.2) is 0 Å². The number of aryl methyl sites for hydroxylation is 1. The van der Waals surface area contributed by atoms with Crippen molar-refractivity contribution >= 4 is 27.3 Å². The Hall–Kier alpha value is -3.58. The average Bonchev–Trinajstić information content (AvgIpc) is 3.47. The maximum atomic E-state index is 13.6. The SMILES string of the molecule is CCCc1c(C(=O)N(C)Cc2cc3ccccc3s2)c(=O)cc(C)n1Cc1ccc2c(c1)OCO2. The van der Waals surface area contributed by atoms with Crippen molar-refractivity contribution in [3.05, 3.63) is 92.2 Å². The van der Waals surface area contributed by atoms with Crippen LogP contribution in [0.4, 0.5) is 0 Å². The summed E-state index contributed by atoms with van der Waals surface area (Å²) in [5.41, 5.74) is 2.68. The van der Waals surface area contributed by atoms with Crippen LogP contribution in [0, 0.1) is 6.92 Å². The van der Waals surface area contributed by atoms with Gasteiger partial charge in [-0.05, 0) is 48.6 Å². The van der Waals surface area contributed by atoms with E-state index in [2.05, 4.69) is 29.7 Å². The summed E-state index contributed by atoms with van der Waals surface area (Å²) in [5, 5.41) is 1.17. The van der Waals surface area contributed by atoms with Crippen LogP contribution >= 0.6 is 11.3 Å². The minimum absolute atomic E-state index is 0.221. The first kappa shape index (κ1) is 23.2. The fourth-order valence-corrected chi connectivity index (χ4v) is 5.73. The number of rotatable bonds is 7. The van der Waals surface area contributed by atoms with Crippen LogP contribution in [0.15, 0.2) is 59.4 Å². The number of pyridine rings is 1. The quantitative estimate of drug-likeness (QED) is 0.351. The molecule has 180 valence electrons. The highest BCUT2D eigenvalue weighted by atomic mass is 32.1. The summed E-state index contributed by atoms with van der Waals surface area (Å²) in [5.74, 6) is 1.21. The van der Waals surface area contributed by atoms with Gasteiger partial charge in [0.05, 0.1) is 6.54 Å². The van der Waals surface area contributed by atoms with E-state index in [9.17, 15) is 9.59 Å². The van der Waals surface area contributed by atoms with E-state index in [1.165, 1.54) is 10.1 Å². The average molecular weight is 489 g/mol. The minimum Gasteiger partial charge on any atom is -0.454 e. The molecule has 0 unspecified atom stereocenters. The highest BCUT2D eigenvalue weighted by Gasteiger charge is 2.24. The first-order valence-corrected chi connectivity index (χ1v) is 12.6. The summed E-state index contributed by atoms with van der Waals surface area (Å²) < 4.78 is 14.2. The van der Waals surface area contributed by atoms with Crippen LogP contribution in [0.3, 0.4) is 0 Å². The molecule has 2 aromatic heterocycles.